The van der Waals surface area contributed by atoms with E-state index in [0.717, 1.165) is 24.3 Å². The van der Waals surface area contributed by atoms with Gasteiger partial charge in [0.2, 0.25) is 15.9 Å². The number of anilines is 1. The number of amides is 1. The largest absolute Gasteiger partial charge is 0.573 e. The molecular weight excluding hydrogens is 419 g/mol. The number of rotatable bonds is 8. The van der Waals surface area contributed by atoms with Crippen LogP contribution >= 0.6 is 11.3 Å². The minimum Gasteiger partial charge on any atom is -0.406 e. The van der Waals surface area contributed by atoms with E-state index in [-0.39, 0.29) is 17.2 Å². The van der Waals surface area contributed by atoms with Crippen LogP contribution in [0.5, 0.6) is 5.75 Å². The maximum Gasteiger partial charge on any atom is 0.573 e. The van der Waals surface area contributed by atoms with Gasteiger partial charge in [-0.1, -0.05) is 13.8 Å². The lowest BCUT2D eigenvalue weighted by Crippen LogP contribution is -2.44. The van der Waals surface area contributed by atoms with E-state index >= 15 is 0 Å². The molecule has 2 aromatic rings. The molecule has 154 valence electrons. The molecule has 1 aromatic heterocycles. The number of halogens is 3. The minimum atomic E-state index is -4.88. The lowest BCUT2D eigenvalue weighted by molar-refractivity contribution is -0.274. The maximum atomic E-state index is 12.6. The molecule has 0 aliphatic carbocycles. The fourth-order valence-corrected chi connectivity index (χ4v) is 3.97. The Bertz CT molecular complexity index is 883. The summed E-state index contributed by atoms with van der Waals surface area (Å²) in [5.74, 6) is -1.13. The molecule has 1 aromatic carbocycles. The number of sulfonamides is 1. The van der Waals surface area contributed by atoms with Crippen molar-refractivity contribution in [3.8, 4) is 5.75 Å². The van der Waals surface area contributed by atoms with E-state index in [1.54, 1.807) is 5.38 Å². The number of carbonyl (C=O) groups excluding carboxylic acids is 1. The summed E-state index contributed by atoms with van der Waals surface area (Å²) in [7, 11) is -4.15. The van der Waals surface area contributed by atoms with Gasteiger partial charge in [0.15, 0.2) is 5.13 Å². The van der Waals surface area contributed by atoms with Crippen LogP contribution in [0.25, 0.3) is 0 Å². The molecule has 0 unspecified atom stereocenters. The summed E-state index contributed by atoms with van der Waals surface area (Å²) in [5, 5.41) is 4.51. The molecule has 0 spiro atoms. The van der Waals surface area contributed by atoms with Gasteiger partial charge in [-0.2, -0.15) is 4.72 Å². The highest BCUT2D eigenvalue weighted by Gasteiger charge is 2.31. The number of alkyl halides is 3. The van der Waals surface area contributed by atoms with E-state index in [4.69, 9.17) is 0 Å². The number of hydrogen-bond acceptors (Lipinski definition) is 6. The number of carbonyl (C=O) groups is 1. The molecule has 0 aliphatic rings. The van der Waals surface area contributed by atoms with Gasteiger partial charge in [0.05, 0.1) is 4.90 Å². The topological polar surface area (TPSA) is 97.4 Å². The summed E-state index contributed by atoms with van der Waals surface area (Å²) in [6.45, 7) is 3.64. The Kier molecular flexibility index (Phi) is 7.01. The molecule has 28 heavy (non-hydrogen) atoms. The van der Waals surface area contributed by atoms with Crippen molar-refractivity contribution in [1.29, 1.82) is 0 Å². The van der Waals surface area contributed by atoms with E-state index in [0.29, 0.717) is 5.13 Å². The van der Waals surface area contributed by atoms with E-state index in [9.17, 15) is 26.4 Å². The normalized spacial score (nSPS) is 13.4. The average Bonchev–Trinajstić information content (AvgIpc) is 3.05. The lowest BCUT2D eigenvalue weighted by atomic mass is 10.0. The number of ether oxygens (including phenoxy) is 1. The first-order chi connectivity index (χ1) is 13.0. The van der Waals surface area contributed by atoms with Gasteiger partial charge < -0.3 is 10.1 Å². The molecular formula is C16H18F3N3O4S2. The van der Waals surface area contributed by atoms with Crippen LogP contribution in [-0.2, 0) is 14.8 Å². The van der Waals surface area contributed by atoms with Crippen molar-refractivity contribution in [2.45, 2.75) is 37.6 Å². The van der Waals surface area contributed by atoms with Gasteiger partial charge in [-0.25, -0.2) is 13.4 Å². The van der Waals surface area contributed by atoms with E-state index in [2.05, 4.69) is 19.8 Å². The van der Waals surface area contributed by atoms with Crippen LogP contribution < -0.4 is 14.8 Å². The first-order valence-corrected chi connectivity index (χ1v) is 10.4. The first kappa shape index (κ1) is 22.1. The fourth-order valence-electron chi connectivity index (χ4n) is 2.23. The van der Waals surface area contributed by atoms with Gasteiger partial charge in [0, 0.05) is 11.6 Å². The van der Waals surface area contributed by atoms with Gasteiger partial charge in [-0.05, 0) is 36.6 Å². The standard InChI is InChI=1S/C16H18F3N3O4S2/c1-10(2)9-13(14(23)21-15-20-7-8-27-15)22-28(24,25)12-5-3-11(4-6-12)26-16(17,18)19/h3-8,10,13,22H,9H2,1-2H3,(H,20,21,23)/t13-/m0/s1. The van der Waals surface area contributed by atoms with E-state index in [1.165, 1.54) is 17.5 Å². The molecule has 1 heterocycles. The van der Waals surface area contributed by atoms with Crippen LogP contribution in [0.4, 0.5) is 18.3 Å². The molecule has 0 saturated carbocycles. The Morgan fingerprint density at radius 2 is 1.89 bits per heavy atom. The molecule has 0 saturated heterocycles. The van der Waals surface area contributed by atoms with Crippen LogP contribution in [0.3, 0.4) is 0 Å². The molecule has 12 heteroatoms. The van der Waals surface area contributed by atoms with Crippen LogP contribution in [-0.4, -0.2) is 31.7 Å². The highest BCUT2D eigenvalue weighted by atomic mass is 32.2. The summed E-state index contributed by atoms with van der Waals surface area (Å²) >= 11 is 1.18. The van der Waals surface area contributed by atoms with Gasteiger partial charge in [-0.15, -0.1) is 24.5 Å². The Hall–Kier alpha value is -2.18. The number of nitrogens with zero attached hydrogens (tertiary/aromatic N) is 1. The minimum absolute atomic E-state index is 0.00249. The highest BCUT2D eigenvalue weighted by molar-refractivity contribution is 7.89. The quantitative estimate of drug-likeness (QED) is 0.660. The third kappa shape index (κ3) is 6.77. The van der Waals surface area contributed by atoms with Crippen LogP contribution in [0.15, 0.2) is 40.7 Å². The van der Waals surface area contributed by atoms with Crippen LogP contribution in [0, 0.1) is 5.92 Å². The molecule has 1 atom stereocenters. The summed E-state index contributed by atoms with van der Waals surface area (Å²) in [5.41, 5.74) is 0. The Morgan fingerprint density at radius 3 is 2.39 bits per heavy atom. The fraction of sp³-hybridized carbons (Fsp3) is 0.375. The summed E-state index contributed by atoms with van der Waals surface area (Å²) in [4.78, 5) is 16.1. The monoisotopic (exact) mass is 437 g/mol. The van der Waals surface area contributed by atoms with Crippen molar-refractivity contribution in [3.63, 3.8) is 0 Å². The van der Waals surface area contributed by atoms with Crippen molar-refractivity contribution in [2.75, 3.05) is 5.32 Å². The van der Waals surface area contributed by atoms with Gasteiger partial charge in [0.25, 0.3) is 0 Å². The first-order valence-electron chi connectivity index (χ1n) is 8.05. The van der Waals surface area contributed by atoms with E-state index < -0.39 is 34.1 Å². The molecule has 0 radical (unpaired) electrons. The van der Waals surface area contributed by atoms with Crippen molar-refractivity contribution in [1.82, 2.24) is 9.71 Å². The van der Waals surface area contributed by atoms with Gasteiger partial charge in [-0.3, -0.25) is 4.79 Å². The van der Waals surface area contributed by atoms with Gasteiger partial charge >= 0.3 is 6.36 Å². The molecule has 1 amide bonds. The second-order valence-electron chi connectivity index (χ2n) is 6.15. The SMILES string of the molecule is CC(C)C[C@H](NS(=O)(=O)c1ccc(OC(F)(F)F)cc1)C(=O)Nc1nccs1. The second-order valence-corrected chi connectivity index (χ2v) is 8.76. The summed E-state index contributed by atoms with van der Waals surface area (Å²) in [6.07, 6.45) is -3.17. The number of aromatic nitrogens is 1. The lowest BCUT2D eigenvalue weighted by Gasteiger charge is -2.19. The van der Waals surface area contributed by atoms with Gasteiger partial charge in [0.1, 0.15) is 11.8 Å². The molecule has 0 bridgehead atoms. The Morgan fingerprint density at radius 1 is 1.25 bits per heavy atom. The Labute approximate surface area is 164 Å². The predicted molar refractivity (Wildman–Crippen MR) is 97.4 cm³/mol. The summed E-state index contributed by atoms with van der Waals surface area (Å²) in [6, 6.07) is 2.62. The zero-order valence-electron chi connectivity index (χ0n) is 14.9. The second kappa shape index (κ2) is 8.88. The zero-order valence-corrected chi connectivity index (χ0v) is 16.5. The van der Waals surface area contributed by atoms with Crippen molar-refractivity contribution >= 4 is 32.4 Å². The van der Waals surface area contributed by atoms with Crippen molar-refractivity contribution in [3.05, 3.63) is 35.8 Å². The molecule has 0 aliphatic heterocycles. The smallest absolute Gasteiger partial charge is 0.406 e. The third-order valence-corrected chi connectivity index (χ3v) is 5.53. The van der Waals surface area contributed by atoms with Crippen LogP contribution in [0.1, 0.15) is 20.3 Å². The number of thiazole rings is 1. The molecule has 2 N–H and O–H groups in total. The summed E-state index contributed by atoms with van der Waals surface area (Å²) < 4.78 is 67.8. The van der Waals surface area contributed by atoms with Crippen molar-refractivity contribution < 1.29 is 31.1 Å². The Balaban J connectivity index is 2.16. The highest BCUT2D eigenvalue weighted by Crippen LogP contribution is 2.24. The molecule has 0 fully saturated rings. The number of nitrogens with one attached hydrogen (secondary N) is 2. The average molecular weight is 437 g/mol. The molecule has 2 rings (SSSR count). The maximum absolute atomic E-state index is 12.6. The molecule has 7 nitrogen and oxygen atoms in total. The van der Waals surface area contributed by atoms with Crippen molar-refractivity contribution in [2.24, 2.45) is 5.92 Å². The number of benzene rings is 1. The van der Waals surface area contributed by atoms with Crippen LogP contribution in [0.2, 0.25) is 0 Å². The predicted octanol–water partition coefficient (Wildman–Crippen LogP) is 3.37. The third-order valence-electron chi connectivity index (χ3n) is 3.35. The zero-order chi connectivity index (χ0) is 20.9. The van der Waals surface area contributed by atoms with E-state index in [1.807, 2.05) is 13.8 Å². The number of hydrogen-bond donors (Lipinski definition) is 2.